The zero-order chi connectivity index (χ0) is 21.1. The van der Waals surface area contributed by atoms with Crippen molar-refractivity contribution in [2.75, 3.05) is 5.32 Å². The first-order valence-corrected chi connectivity index (χ1v) is 9.52. The van der Waals surface area contributed by atoms with Gasteiger partial charge in [-0.3, -0.25) is 9.48 Å². The molecule has 0 saturated heterocycles. The Morgan fingerprint density at radius 3 is 2.69 bits per heavy atom. The van der Waals surface area contributed by atoms with E-state index in [-0.39, 0.29) is 11.7 Å². The molecule has 0 aliphatic carbocycles. The van der Waals surface area contributed by atoms with E-state index in [1.54, 1.807) is 29.9 Å². The number of rotatable bonds is 7. The van der Waals surface area contributed by atoms with Crippen molar-refractivity contribution in [1.82, 2.24) is 19.6 Å². The van der Waals surface area contributed by atoms with Crippen LogP contribution in [0.5, 0.6) is 0 Å². The quantitative estimate of drug-likeness (QED) is 0.439. The molecule has 152 valence electrons. The third-order valence-electron chi connectivity index (χ3n) is 4.31. The Balaban J connectivity index is 1.71. The Labute approximate surface area is 176 Å². The first kappa shape index (κ1) is 20.8. The molecular formula is C18H18Cl2N6O3. The van der Waals surface area contributed by atoms with Gasteiger partial charge in [-0.05, 0) is 36.0 Å². The van der Waals surface area contributed by atoms with Crippen LogP contribution >= 0.6 is 23.2 Å². The number of anilines is 1. The lowest BCUT2D eigenvalue weighted by atomic mass is 10.2. The molecule has 1 aromatic carbocycles. The zero-order valence-corrected chi connectivity index (χ0v) is 17.2. The van der Waals surface area contributed by atoms with Crippen molar-refractivity contribution >= 4 is 40.6 Å². The van der Waals surface area contributed by atoms with Crippen LogP contribution in [0.3, 0.4) is 0 Å². The lowest BCUT2D eigenvalue weighted by molar-refractivity contribution is -0.389. The van der Waals surface area contributed by atoms with Gasteiger partial charge in [0.2, 0.25) is 0 Å². The molecule has 3 rings (SSSR count). The number of benzene rings is 1. The van der Waals surface area contributed by atoms with Gasteiger partial charge in [-0.1, -0.05) is 36.2 Å². The standard InChI is InChI=1S/C18H18Cl2N6O3/c1-3-16(25-11(2)6-17(23-25)26(28)29)18(27)22-13-8-21-24(10-13)9-12-4-5-14(19)15(20)7-12/h4-8,10,16H,3,9H2,1-2H3,(H,22,27). The third kappa shape index (κ3) is 4.75. The molecule has 9 nitrogen and oxygen atoms in total. The first-order chi connectivity index (χ1) is 13.8. The van der Waals surface area contributed by atoms with Crippen LogP contribution in [0.1, 0.15) is 30.6 Å². The number of hydrogen-bond donors (Lipinski definition) is 1. The highest BCUT2D eigenvalue weighted by molar-refractivity contribution is 6.42. The van der Waals surface area contributed by atoms with Crippen molar-refractivity contribution in [1.29, 1.82) is 0 Å². The van der Waals surface area contributed by atoms with Crippen LogP contribution in [-0.2, 0) is 11.3 Å². The predicted octanol–water partition coefficient (Wildman–Crippen LogP) is 4.24. The number of carbonyl (C=O) groups excluding carboxylic acids is 1. The summed E-state index contributed by atoms with van der Waals surface area (Å²) in [4.78, 5) is 23.1. The van der Waals surface area contributed by atoms with Crippen LogP contribution in [0.2, 0.25) is 10.0 Å². The van der Waals surface area contributed by atoms with E-state index < -0.39 is 11.0 Å². The molecule has 1 unspecified atom stereocenters. The molecule has 11 heteroatoms. The lowest BCUT2D eigenvalue weighted by Crippen LogP contribution is -2.27. The highest BCUT2D eigenvalue weighted by atomic mass is 35.5. The minimum Gasteiger partial charge on any atom is -0.358 e. The second kappa shape index (κ2) is 8.62. The molecule has 3 aromatic rings. The summed E-state index contributed by atoms with van der Waals surface area (Å²) in [6.07, 6.45) is 3.63. The molecule has 1 atom stereocenters. The molecule has 1 N–H and O–H groups in total. The minimum atomic E-state index is -0.679. The first-order valence-electron chi connectivity index (χ1n) is 8.76. The molecule has 0 bridgehead atoms. The van der Waals surface area contributed by atoms with E-state index >= 15 is 0 Å². The zero-order valence-electron chi connectivity index (χ0n) is 15.7. The van der Waals surface area contributed by atoms with Crippen LogP contribution in [0.15, 0.2) is 36.7 Å². The number of nitrogens with zero attached hydrogens (tertiary/aromatic N) is 5. The minimum absolute atomic E-state index is 0.289. The van der Waals surface area contributed by atoms with E-state index in [9.17, 15) is 14.9 Å². The average molecular weight is 437 g/mol. The van der Waals surface area contributed by atoms with Gasteiger partial charge in [0.05, 0.1) is 45.3 Å². The summed E-state index contributed by atoms with van der Waals surface area (Å²) >= 11 is 12.0. The number of nitrogens with one attached hydrogen (secondary N) is 1. The molecule has 0 aliphatic heterocycles. The van der Waals surface area contributed by atoms with E-state index in [1.807, 2.05) is 13.0 Å². The van der Waals surface area contributed by atoms with Gasteiger partial charge in [-0.2, -0.15) is 9.78 Å². The van der Waals surface area contributed by atoms with Gasteiger partial charge in [0.25, 0.3) is 5.91 Å². The van der Waals surface area contributed by atoms with Crippen LogP contribution in [0.25, 0.3) is 0 Å². The number of carbonyl (C=O) groups is 1. The van der Waals surface area contributed by atoms with Crippen molar-refractivity contribution in [2.24, 2.45) is 0 Å². The topological polar surface area (TPSA) is 108 Å². The fraction of sp³-hybridized carbons (Fsp3) is 0.278. The van der Waals surface area contributed by atoms with Gasteiger partial charge < -0.3 is 15.4 Å². The maximum absolute atomic E-state index is 12.7. The number of aromatic nitrogens is 4. The van der Waals surface area contributed by atoms with Gasteiger partial charge in [-0.15, -0.1) is 0 Å². The fourth-order valence-corrected chi connectivity index (χ4v) is 3.23. The molecular weight excluding hydrogens is 419 g/mol. The van der Waals surface area contributed by atoms with Gasteiger partial charge in [0.1, 0.15) is 0 Å². The summed E-state index contributed by atoms with van der Waals surface area (Å²) in [5.74, 6) is -0.620. The maximum atomic E-state index is 12.7. The largest absolute Gasteiger partial charge is 0.390 e. The van der Waals surface area contributed by atoms with E-state index in [2.05, 4.69) is 15.5 Å². The monoisotopic (exact) mass is 436 g/mol. The van der Waals surface area contributed by atoms with Crippen molar-refractivity contribution in [3.63, 3.8) is 0 Å². The Morgan fingerprint density at radius 1 is 1.31 bits per heavy atom. The molecule has 0 aliphatic rings. The Bertz CT molecular complexity index is 1060. The van der Waals surface area contributed by atoms with Crippen LogP contribution in [0, 0.1) is 17.0 Å². The Morgan fingerprint density at radius 2 is 2.07 bits per heavy atom. The third-order valence-corrected chi connectivity index (χ3v) is 5.05. The summed E-state index contributed by atoms with van der Waals surface area (Å²) in [5.41, 5.74) is 1.95. The summed E-state index contributed by atoms with van der Waals surface area (Å²) in [5, 5.41) is 22.8. The van der Waals surface area contributed by atoms with Crippen LogP contribution in [0.4, 0.5) is 11.5 Å². The summed E-state index contributed by atoms with van der Waals surface area (Å²) in [6.45, 7) is 3.94. The number of amides is 1. The van der Waals surface area contributed by atoms with Crippen molar-refractivity contribution < 1.29 is 9.72 Å². The van der Waals surface area contributed by atoms with E-state index in [1.165, 1.54) is 16.9 Å². The van der Waals surface area contributed by atoms with Crippen molar-refractivity contribution in [3.05, 3.63) is 68.1 Å². The SMILES string of the molecule is CCC(C(=O)Nc1cnn(Cc2ccc(Cl)c(Cl)c2)c1)n1nc([N+](=O)[O-])cc1C. The fourth-order valence-electron chi connectivity index (χ4n) is 2.91. The van der Waals surface area contributed by atoms with Crippen LogP contribution < -0.4 is 5.32 Å². The molecule has 0 radical (unpaired) electrons. The van der Waals surface area contributed by atoms with Crippen molar-refractivity contribution in [2.45, 2.75) is 32.9 Å². The number of halogens is 2. The number of aryl methyl sites for hydroxylation is 1. The normalized spacial score (nSPS) is 12.0. The smallest absolute Gasteiger partial charge is 0.358 e. The van der Waals surface area contributed by atoms with Gasteiger partial charge in [0.15, 0.2) is 6.04 Å². The van der Waals surface area contributed by atoms with Crippen molar-refractivity contribution in [3.8, 4) is 0 Å². The molecule has 2 heterocycles. The van der Waals surface area contributed by atoms with E-state index in [0.717, 1.165) is 5.56 Å². The summed E-state index contributed by atoms with van der Waals surface area (Å²) in [6, 6.07) is 5.97. The molecule has 1 amide bonds. The second-order valence-electron chi connectivity index (χ2n) is 6.43. The Hall–Kier alpha value is -2.91. The highest BCUT2D eigenvalue weighted by Crippen LogP contribution is 2.23. The maximum Gasteiger partial charge on any atom is 0.390 e. The Kier molecular flexibility index (Phi) is 6.19. The second-order valence-corrected chi connectivity index (χ2v) is 7.25. The predicted molar refractivity (Wildman–Crippen MR) is 109 cm³/mol. The molecule has 2 aromatic heterocycles. The van der Waals surface area contributed by atoms with Gasteiger partial charge in [0, 0.05) is 6.20 Å². The highest BCUT2D eigenvalue weighted by Gasteiger charge is 2.27. The van der Waals surface area contributed by atoms with Gasteiger partial charge >= 0.3 is 5.82 Å². The number of hydrogen-bond acceptors (Lipinski definition) is 5. The molecule has 0 fully saturated rings. The average Bonchev–Trinajstić information content (AvgIpc) is 3.26. The van der Waals surface area contributed by atoms with Gasteiger partial charge in [-0.25, -0.2) is 0 Å². The number of nitro groups is 1. The molecule has 0 saturated carbocycles. The van der Waals surface area contributed by atoms with Crippen LogP contribution in [-0.4, -0.2) is 30.4 Å². The molecule has 29 heavy (non-hydrogen) atoms. The molecule has 0 spiro atoms. The summed E-state index contributed by atoms with van der Waals surface area (Å²) < 4.78 is 3.02. The summed E-state index contributed by atoms with van der Waals surface area (Å²) in [7, 11) is 0. The van der Waals surface area contributed by atoms with E-state index in [0.29, 0.717) is 34.4 Å². The van der Waals surface area contributed by atoms with E-state index in [4.69, 9.17) is 23.2 Å². The lowest BCUT2D eigenvalue weighted by Gasteiger charge is -2.13.